The summed E-state index contributed by atoms with van der Waals surface area (Å²) in [6, 6.07) is 10.7. The van der Waals surface area contributed by atoms with Crippen molar-refractivity contribution in [2.45, 2.75) is 32.0 Å². The fourth-order valence-corrected chi connectivity index (χ4v) is 2.53. The maximum Gasteiger partial charge on any atom is 0.0988 e. The van der Waals surface area contributed by atoms with Crippen LogP contribution in [0.4, 0.5) is 0 Å². The molecule has 17 heavy (non-hydrogen) atoms. The molecule has 0 radical (unpaired) electrons. The van der Waals surface area contributed by atoms with E-state index in [2.05, 4.69) is 55.6 Å². The smallest absolute Gasteiger partial charge is 0.0988 e. The normalized spacial score (nSPS) is 12.8. The lowest BCUT2D eigenvalue weighted by molar-refractivity contribution is 0.0286. The molecule has 0 aliphatic carbocycles. The zero-order valence-corrected chi connectivity index (χ0v) is 13.0. The van der Waals surface area contributed by atoms with E-state index >= 15 is 0 Å². The van der Waals surface area contributed by atoms with Crippen molar-refractivity contribution in [3.8, 4) is 0 Å². The lowest BCUT2D eigenvalue weighted by Crippen LogP contribution is -2.49. The second-order valence-electron chi connectivity index (χ2n) is 5.08. The molecule has 0 spiro atoms. The summed E-state index contributed by atoms with van der Waals surface area (Å²) in [6.07, 6.45) is 1.10. The first-order valence-electron chi connectivity index (χ1n) is 6.38. The summed E-state index contributed by atoms with van der Waals surface area (Å²) < 4.78 is 5.33. The van der Waals surface area contributed by atoms with Crippen molar-refractivity contribution < 1.29 is 4.74 Å². The third-order valence-electron chi connectivity index (χ3n) is 3.52. The Morgan fingerprint density at radius 3 is 2.41 bits per heavy atom. The molecular weight excluding hydrogens is 226 g/mol. The largest absolute Gasteiger partial charge is 0.369 e. The van der Waals surface area contributed by atoms with Gasteiger partial charge in [0.25, 0.3) is 0 Å². The maximum atomic E-state index is 5.33. The monoisotopic (exact) mass is 251 g/mol. The lowest BCUT2D eigenvalue weighted by Gasteiger charge is -2.37. The standard InChI is InChI=1S/C14H25NOSi/c1-14(2,17-4)15(12-16-3)11-10-13-8-6-5-7-9-13/h5-9H,10-12,17H2,1-4H3. The maximum absolute atomic E-state index is 5.33. The number of nitrogens with zero attached hydrogens (tertiary/aromatic N) is 1. The molecule has 2 nitrogen and oxygen atoms in total. The molecule has 1 aromatic carbocycles. The van der Waals surface area contributed by atoms with Crippen molar-refractivity contribution in [1.82, 2.24) is 4.90 Å². The van der Waals surface area contributed by atoms with E-state index < -0.39 is 0 Å². The summed E-state index contributed by atoms with van der Waals surface area (Å²) in [5.41, 5.74) is 1.40. The molecule has 0 aliphatic heterocycles. The summed E-state index contributed by atoms with van der Waals surface area (Å²) in [4.78, 5) is 2.46. The molecule has 0 fully saturated rings. The second kappa shape index (κ2) is 6.94. The summed E-state index contributed by atoms with van der Waals surface area (Å²) in [5, 5.41) is 0.338. The van der Waals surface area contributed by atoms with E-state index in [0.29, 0.717) is 5.16 Å². The highest BCUT2D eigenvalue weighted by molar-refractivity contribution is 6.37. The summed E-state index contributed by atoms with van der Waals surface area (Å²) in [5.74, 6) is 0. The first-order chi connectivity index (χ1) is 8.10. The first kappa shape index (κ1) is 14.4. The molecule has 3 heteroatoms. The molecule has 0 N–H and O–H groups in total. The van der Waals surface area contributed by atoms with Crippen molar-refractivity contribution in [1.29, 1.82) is 0 Å². The Morgan fingerprint density at radius 2 is 1.88 bits per heavy atom. The van der Waals surface area contributed by atoms with Crippen LogP contribution in [0.2, 0.25) is 6.55 Å². The van der Waals surface area contributed by atoms with Crippen LogP contribution in [-0.4, -0.2) is 40.0 Å². The Labute approximate surface area is 108 Å². The van der Waals surface area contributed by atoms with E-state index in [-0.39, 0.29) is 9.52 Å². The highest BCUT2D eigenvalue weighted by Crippen LogP contribution is 2.14. The van der Waals surface area contributed by atoms with Gasteiger partial charge in [-0.15, -0.1) is 0 Å². The molecule has 0 aliphatic rings. The van der Waals surface area contributed by atoms with E-state index in [9.17, 15) is 0 Å². The van der Waals surface area contributed by atoms with Gasteiger partial charge in [0.2, 0.25) is 0 Å². The fourth-order valence-electron chi connectivity index (χ4n) is 1.83. The van der Waals surface area contributed by atoms with E-state index in [1.807, 2.05) is 0 Å². The van der Waals surface area contributed by atoms with Gasteiger partial charge in [-0.2, -0.15) is 0 Å². The van der Waals surface area contributed by atoms with Gasteiger partial charge in [-0.1, -0.05) is 50.7 Å². The molecule has 0 bridgehead atoms. The van der Waals surface area contributed by atoms with Gasteiger partial charge in [0.15, 0.2) is 0 Å². The van der Waals surface area contributed by atoms with Crippen molar-refractivity contribution in [3.05, 3.63) is 35.9 Å². The third kappa shape index (κ3) is 4.62. The van der Waals surface area contributed by atoms with Crippen molar-refractivity contribution in [3.63, 3.8) is 0 Å². The van der Waals surface area contributed by atoms with Crippen LogP contribution in [0.25, 0.3) is 0 Å². The van der Waals surface area contributed by atoms with Gasteiger partial charge >= 0.3 is 0 Å². The van der Waals surface area contributed by atoms with E-state index in [4.69, 9.17) is 4.74 Å². The number of methoxy groups -OCH3 is 1. The quantitative estimate of drug-likeness (QED) is 0.543. The van der Waals surface area contributed by atoms with Gasteiger partial charge in [-0.05, 0) is 12.0 Å². The Morgan fingerprint density at radius 1 is 1.24 bits per heavy atom. The Hall–Kier alpha value is -0.643. The average molecular weight is 251 g/mol. The van der Waals surface area contributed by atoms with Crippen LogP contribution in [0.5, 0.6) is 0 Å². The molecule has 0 aromatic heterocycles. The van der Waals surface area contributed by atoms with Crippen LogP contribution in [0.3, 0.4) is 0 Å². The highest BCUT2D eigenvalue weighted by atomic mass is 28.2. The van der Waals surface area contributed by atoms with Gasteiger partial charge in [-0.3, -0.25) is 4.90 Å². The van der Waals surface area contributed by atoms with Gasteiger partial charge in [-0.25, -0.2) is 0 Å². The number of hydrogen-bond donors (Lipinski definition) is 0. The SMILES string of the molecule is COCN(CCc1ccccc1)C(C)(C)[SiH2]C. The molecule has 0 heterocycles. The molecule has 1 aromatic rings. The van der Waals surface area contributed by atoms with Crippen LogP contribution in [0, 0.1) is 0 Å². The minimum atomic E-state index is -0.0801. The minimum Gasteiger partial charge on any atom is -0.369 e. The van der Waals surface area contributed by atoms with Crippen LogP contribution >= 0.6 is 0 Å². The third-order valence-corrected chi connectivity index (χ3v) is 5.70. The topological polar surface area (TPSA) is 12.5 Å². The highest BCUT2D eigenvalue weighted by Gasteiger charge is 2.24. The number of benzene rings is 1. The van der Waals surface area contributed by atoms with Gasteiger partial charge in [0, 0.05) is 28.3 Å². The molecule has 1 rings (SSSR count). The number of rotatable bonds is 7. The molecular formula is C14H25NOSi. The van der Waals surface area contributed by atoms with Crippen LogP contribution < -0.4 is 0 Å². The van der Waals surface area contributed by atoms with Crippen LogP contribution in [-0.2, 0) is 11.2 Å². The van der Waals surface area contributed by atoms with E-state index in [0.717, 1.165) is 19.7 Å². The van der Waals surface area contributed by atoms with Gasteiger partial charge in [0.1, 0.15) is 0 Å². The lowest BCUT2D eigenvalue weighted by atomic mass is 10.1. The Balaban J connectivity index is 2.56. The van der Waals surface area contributed by atoms with Gasteiger partial charge in [0.05, 0.1) is 6.73 Å². The van der Waals surface area contributed by atoms with Crippen molar-refractivity contribution in [2.75, 3.05) is 20.4 Å². The zero-order valence-electron chi connectivity index (χ0n) is 11.6. The first-order valence-corrected chi connectivity index (χ1v) is 8.50. The Kier molecular flexibility index (Phi) is 5.89. The number of ether oxygens (including phenoxy) is 1. The average Bonchev–Trinajstić information content (AvgIpc) is 2.35. The molecule has 0 saturated heterocycles. The summed E-state index contributed by atoms with van der Waals surface area (Å²) in [7, 11) is 1.70. The van der Waals surface area contributed by atoms with Crippen molar-refractivity contribution >= 4 is 9.52 Å². The number of hydrogen-bond acceptors (Lipinski definition) is 2. The summed E-state index contributed by atoms with van der Waals surface area (Å²) in [6.45, 7) is 8.85. The van der Waals surface area contributed by atoms with E-state index in [1.165, 1.54) is 5.56 Å². The molecule has 0 amide bonds. The van der Waals surface area contributed by atoms with Crippen LogP contribution in [0.1, 0.15) is 19.4 Å². The summed E-state index contributed by atoms with van der Waals surface area (Å²) >= 11 is 0. The predicted molar refractivity (Wildman–Crippen MR) is 77.2 cm³/mol. The van der Waals surface area contributed by atoms with Crippen LogP contribution in [0.15, 0.2) is 30.3 Å². The fraction of sp³-hybridized carbons (Fsp3) is 0.571. The zero-order chi connectivity index (χ0) is 12.7. The van der Waals surface area contributed by atoms with Gasteiger partial charge < -0.3 is 4.74 Å². The second-order valence-corrected chi connectivity index (χ2v) is 7.52. The molecule has 0 atom stereocenters. The molecule has 0 unspecified atom stereocenters. The van der Waals surface area contributed by atoms with E-state index in [1.54, 1.807) is 7.11 Å². The predicted octanol–water partition coefficient (Wildman–Crippen LogP) is 2.09. The Bertz CT molecular complexity index is 313. The minimum absolute atomic E-state index is 0.0801. The molecule has 96 valence electrons. The van der Waals surface area contributed by atoms with Crippen molar-refractivity contribution in [2.24, 2.45) is 0 Å². The molecule has 0 saturated carbocycles.